The van der Waals surface area contributed by atoms with Crippen molar-refractivity contribution in [3.8, 4) is 12.3 Å². The van der Waals surface area contributed by atoms with E-state index in [0.717, 1.165) is 11.4 Å². The van der Waals surface area contributed by atoms with Crippen molar-refractivity contribution in [2.45, 2.75) is 26.7 Å². The molecule has 4 nitrogen and oxygen atoms in total. The fraction of sp³-hybridized carbons (Fsp3) is 0.412. The molecule has 1 heterocycles. The maximum atomic E-state index is 11.9. The standard InChI is InChI=1S/C17H20N2O2/c1-4-13-10-17(21)19(11-13)15-7-5-14(6-8-15)18-16(20)9-12(2)3/h1,5-8,12-13H,9-11H2,2-3H3,(H,18,20). The van der Waals surface area contributed by atoms with Crippen LogP contribution in [0.3, 0.4) is 0 Å². The van der Waals surface area contributed by atoms with Gasteiger partial charge in [0.05, 0.1) is 0 Å². The predicted octanol–water partition coefficient (Wildman–Crippen LogP) is 2.66. The van der Waals surface area contributed by atoms with Crippen molar-refractivity contribution in [3.63, 3.8) is 0 Å². The SMILES string of the molecule is C#CC1CC(=O)N(c2ccc(NC(=O)CC(C)C)cc2)C1. The lowest BCUT2D eigenvalue weighted by Gasteiger charge is -2.16. The van der Waals surface area contributed by atoms with Crippen molar-refractivity contribution >= 4 is 23.2 Å². The molecule has 1 aromatic carbocycles. The normalized spacial score (nSPS) is 17.9. The van der Waals surface area contributed by atoms with Gasteiger partial charge in [-0.1, -0.05) is 13.8 Å². The lowest BCUT2D eigenvalue weighted by Crippen LogP contribution is -2.24. The third-order valence-corrected chi connectivity index (χ3v) is 3.42. The third-order valence-electron chi connectivity index (χ3n) is 3.42. The van der Waals surface area contributed by atoms with Crippen molar-refractivity contribution in [2.75, 3.05) is 16.8 Å². The molecular weight excluding hydrogens is 264 g/mol. The van der Waals surface area contributed by atoms with Crippen LogP contribution in [0.15, 0.2) is 24.3 Å². The summed E-state index contributed by atoms with van der Waals surface area (Å²) in [4.78, 5) is 25.3. The highest BCUT2D eigenvalue weighted by molar-refractivity contribution is 5.96. The highest BCUT2D eigenvalue weighted by Crippen LogP contribution is 2.25. The number of terminal acetylenes is 1. The summed E-state index contributed by atoms with van der Waals surface area (Å²) >= 11 is 0. The van der Waals surface area contributed by atoms with Gasteiger partial charge in [0.25, 0.3) is 0 Å². The van der Waals surface area contributed by atoms with Gasteiger partial charge >= 0.3 is 0 Å². The van der Waals surface area contributed by atoms with Gasteiger partial charge in [0.2, 0.25) is 11.8 Å². The summed E-state index contributed by atoms with van der Waals surface area (Å²) in [5, 5.41) is 2.85. The average molecular weight is 284 g/mol. The van der Waals surface area contributed by atoms with E-state index in [-0.39, 0.29) is 17.7 Å². The van der Waals surface area contributed by atoms with Gasteiger partial charge in [-0.2, -0.15) is 0 Å². The van der Waals surface area contributed by atoms with Crippen LogP contribution in [-0.2, 0) is 9.59 Å². The Bertz CT molecular complexity index is 569. The van der Waals surface area contributed by atoms with Crippen molar-refractivity contribution in [1.29, 1.82) is 0 Å². The summed E-state index contributed by atoms with van der Waals surface area (Å²) in [7, 11) is 0. The number of nitrogens with one attached hydrogen (secondary N) is 1. The second kappa shape index (κ2) is 6.45. The van der Waals surface area contributed by atoms with Crippen LogP contribution in [0.25, 0.3) is 0 Å². The molecule has 0 bridgehead atoms. The molecule has 2 amide bonds. The minimum absolute atomic E-state index is 0.00222. The zero-order valence-corrected chi connectivity index (χ0v) is 12.4. The molecule has 0 saturated carbocycles. The summed E-state index contributed by atoms with van der Waals surface area (Å²) in [6.07, 6.45) is 6.28. The van der Waals surface area contributed by atoms with Crippen LogP contribution in [0.2, 0.25) is 0 Å². The molecule has 1 fully saturated rings. The van der Waals surface area contributed by atoms with E-state index in [4.69, 9.17) is 6.42 Å². The first-order valence-electron chi connectivity index (χ1n) is 7.16. The minimum atomic E-state index is -0.0112. The maximum Gasteiger partial charge on any atom is 0.228 e. The molecule has 1 atom stereocenters. The second-order valence-electron chi connectivity index (χ2n) is 5.77. The molecule has 4 heteroatoms. The molecule has 21 heavy (non-hydrogen) atoms. The Morgan fingerprint density at radius 1 is 1.43 bits per heavy atom. The highest BCUT2D eigenvalue weighted by Gasteiger charge is 2.29. The molecule has 1 aliphatic rings. The Hall–Kier alpha value is -2.28. The number of carbonyl (C=O) groups excluding carboxylic acids is 2. The Kier molecular flexibility index (Phi) is 4.64. The zero-order valence-electron chi connectivity index (χ0n) is 12.4. The molecule has 1 unspecified atom stereocenters. The Labute approximate surface area is 125 Å². The fourth-order valence-electron chi connectivity index (χ4n) is 2.38. The monoisotopic (exact) mass is 284 g/mol. The van der Waals surface area contributed by atoms with Gasteiger partial charge < -0.3 is 10.2 Å². The van der Waals surface area contributed by atoms with Crippen LogP contribution >= 0.6 is 0 Å². The summed E-state index contributed by atoms with van der Waals surface area (Å²) in [6, 6.07) is 7.29. The van der Waals surface area contributed by atoms with Crippen molar-refractivity contribution in [1.82, 2.24) is 0 Å². The van der Waals surface area contributed by atoms with Gasteiger partial charge in [0, 0.05) is 36.7 Å². The van der Waals surface area contributed by atoms with E-state index in [1.54, 1.807) is 4.90 Å². The van der Waals surface area contributed by atoms with Crippen molar-refractivity contribution in [3.05, 3.63) is 24.3 Å². The summed E-state index contributed by atoms with van der Waals surface area (Å²) < 4.78 is 0. The maximum absolute atomic E-state index is 11.9. The number of amides is 2. The van der Waals surface area contributed by atoms with E-state index < -0.39 is 0 Å². The number of benzene rings is 1. The molecule has 1 aliphatic heterocycles. The molecule has 2 rings (SSSR count). The third kappa shape index (κ3) is 3.85. The Balaban J connectivity index is 2.01. The van der Waals surface area contributed by atoms with Crippen LogP contribution < -0.4 is 10.2 Å². The molecule has 0 radical (unpaired) electrons. The molecule has 1 saturated heterocycles. The van der Waals surface area contributed by atoms with Crippen LogP contribution in [0.5, 0.6) is 0 Å². The van der Waals surface area contributed by atoms with Gasteiger partial charge in [-0.15, -0.1) is 12.3 Å². The van der Waals surface area contributed by atoms with E-state index in [9.17, 15) is 9.59 Å². The lowest BCUT2D eigenvalue weighted by atomic mass is 10.1. The van der Waals surface area contributed by atoms with Crippen LogP contribution in [0, 0.1) is 24.2 Å². The van der Waals surface area contributed by atoms with Gasteiger partial charge in [-0.3, -0.25) is 9.59 Å². The number of carbonyl (C=O) groups is 2. The van der Waals surface area contributed by atoms with Crippen LogP contribution in [-0.4, -0.2) is 18.4 Å². The molecule has 110 valence electrons. The number of rotatable bonds is 4. The first-order chi connectivity index (χ1) is 9.99. The first-order valence-corrected chi connectivity index (χ1v) is 7.16. The Morgan fingerprint density at radius 2 is 2.10 bits per heavy atom. The number of hydrogen-bond donors (Lipinski definition) is 1. The quantitative estimate of drug-likeness (QED) is 0.864. The molecule has 0 aliphatic carbocycles. The van der Waals surface area contributed by atoms with Gasteiger partial charge in [0.15, 0.2) is 0 Å². The number of nitrogens with zero attached hydrogens (tertiary/aromatic N) is 1. The predicted molar refractivity (Wildman–Crippen MR) is 83.8 cm³/mol. The van der Waals surface area contributed by atoms with E-state index in [2.05, 4.69) is 11.2 Å². The average Bonchev–Trinajstić information content (AvgIpc) is 2.80. The number of anilines is 2. The lowest BCUT2D eigenvalue weighted by molar-refractivity contribution is -0.117. The van der Waals surface area contributed by atoms with Crippen LogP contribution in [0.4, 0.5) is 11.4 Å². The molecule has 1 N–H and O–H groups in total. The highest BCUT2D eigenvalue weighted by atomic mass is 16.2. The zero-order chi connectivity index (χ0) is 15.4. The van der Waals surface area contributed by atoms with Gasteiger partial charge in [-0.25, -0.2) is 0 Å². The smallest absolute Gasteiger partial charge is 0.228 e. The van der Waals surface area contributed by atoms with Crippen molar-refractivity contribution in [2.24, 2.45) is 11.8 Å². The summed E-state index contributed by atoms with van der Waals surface area (Å²) in [6.45, 7) is 4.57. The fourth-order valence-corrected chi connectivity index (χ4v) is 2.38. The van der Waals surface area contributed by atoms with E-state index in [1.807, 2.05) is 38.1 Å². The minimum Gasteiger partial charge on any atom is -0.326 e. The van der Waals surface area contributed by atoms with E-state index in [0.29, 0.717) is 25.3 Å². The van der Waals surface area contributed by atoms with Gasteiger partial charge in [0.1, 0.15) is 0 Å². The van der Waals surface area contributed by atoms with E-state index >= 15 is 0 Å². The Morgan fingerprint density at radius 3 is 2.62 bits per heavy atom. The second-order valence-corrected chi connectivity index (χ2v) is 5.77. The van der Waals surface area contributed by atoms with Crippen LogP contribution in [0.1, 0.15) is 26.7 Å². The van der Waals surface area contributed by atoms with Crippen molar-refractivity contribution < 1.29 is 9.59 Å². The summed E-state index contributed by atoms with van der Waals surface area (Å²) in [5.41, 5.74) is 1.56. The molecule has 0 spiro atoms. The molecular formula is C17H20N2O2. The topological polar surface area (TPSA) is 49.4 Å². The molecule has 1 aromatic rings. The summed E-state index contributed by atoms with van der Waals surface area (Å²) in [5.74, 6) is 3.00. The first kappa shape index (κ1) is 15.1. The number of hydrogen-bond acceptors (Lipinski definition) is 2. The van der Waals surface area contributed by atoms with E-state index in [1.165, 1.54) is 0 Å². The molecule has 0 aromatic heterocycles. The van der Waals surface area contributed by atoms with Gasteiger partial charge in [-0.05, 0) is 30.2 Å². The largest absolute Gasteiger partial charge is 0.326 e.